The van der Waals surface area contributed by atoms with Gasteiger partial charge in [-0.15, -0.1) is 6.42 Å². The summed E-state index contributed by atoms with van der Waals surface area (Å²) in [7, 11) is 0. The Hall–Kier alpha value is -2.64. The molecule has 0 unspecified atom stereocenters. The quantitative estimate of drug-likeness (QED) is 0.663. The lowest BCUT2D eigenvalue weighted by atomic mass is 10.1. The molecule has 0 N–H and O–H groups in total. The first-order valence-electron chi connectivity index (χ1n) is 7.28. The Balaban J connectivity index is 2.17. The lowest BCUT2D eigenvalue weighted by Gasteiger charge is -2.02. The van der Waals surface area contributed by atoms with Crippen LogP contribution in [0.5, 0.6) is 0 Å². The first-order chi connectivity index (χ1) is 11.1. The molecule has 0 aliphatic carbocycles. The highest BCUT2D eigenvalue weighted by Crippen LogP contribution is 2.20. The Morgan fingerprint density at radius 2 is 1.96 bits per heavy atom. The fourth-order valence-corrected chi connectivity index (χ4v) is 3.58. The molecule has 114 valence electrons. The molecule has 0 aliphatic heterocycles. The van der Waals surface area contributed by atoms with Gasteiger partial charge in [0.05, 0.1) is 16.8 Å². The number of hydrogen-bond donors (Lipinski definition) is 0. The third-order valence-corrected chi connectivity index (χ3v) is 4.69. The van der Waals surface area contributed by atoms with Gasteiger partial charge in [-0.2, -0.15) is 4.99 Å². The molecule has 1 amide bonds. The van der Waals surface area contributed by atoms with E-state index >= 15 is 0 Å². The van der Waals surface area contributed by atoms with Crippen LogP contribution in [0.2, 0.25) is 0 Å². The molecule has 3 nitrogen and oxygen atoms in total. The molecule has 0 spiro atoms. The van der Waals surface area contributed by atoms with E-state index in [1.165, 1.54) is 11.3 Å². The van der Waals surface area contributed by atoms with Crippen LogP contribution in [0.25, 0.3) is 10.2 Å². The second-order valence-corrected chi connectivity index (χ2v) is 6.39. The number of hydrogen-bond acceptors (Lipinski definition) is 2. The normalized spacial score (nSPS) is 11.6. The molecule has 0 fully saturated rings. The summed E-state index contributed by atoms with van der Waals surface area (Å²) in [6.07, 6.45) is 5.50. The molecule has 0 bridgehead atoms. The summed E-state index contributed by atoms with van der Waals surface area (Å²) in [6, 6.07) is 13.5. The van der Waals surface area contributed by atoms with E-state index in [-0.39, 0.29) is 5.91 Å². The molecule has 0 saturated carbocycles. The molecule has 3 aromatic rings. The summed E-state index contributed by atoms with van der Waals surface area (Å²) >= 11 is 1.48. The molecule has 23 heavy (non-hydrogen) atoms. The Morgan fingerprint density at radius 3 is 2.65 bits per heavy atom. The van der Waals surface area contributed by atoms with E-state index < -0.39 is 0 Å². The fraction of sp³-hybridized carbons (Fsp3) is 0.158. The summed E-state index contributed by atoms with van der Waals surface area (Å²) in [6.45, 7) is 4.42. The van der Waals surface area contributed by atoms with Crippen LogP contribution in [0, 0.1) is 26.2 Å². The van der Waals surface area contributed by atoms with Gasteiger partial charge in [0.2, 0.25) is 0 Å². The van der Waals surface area contributed by atoms with E-state index in [4.69, 9.17) is 6.42 Å². The minimum absolute atomic E-state index is 0.250. The number of benzene rings is 2. The van der Waals surface area contributed by atoms with Crippen molar-refractivity contribution in [1.82, 2.24) is 4.57 Å². The van der Waals surface area contributed by atoms with Gasteiger partial charge in [0.15, 0.2) is 4.80 Å². The number of carbonyl (C=O) groups excluding carboxylic acids is 1. The summed E-state index contributed by atoms with van der Waals surface area (Å²) in [4.78, 5) is 17.4. The maximum absolute atomic E-state index is 12.4. The largest absolute Gasteiger partial charge is 0.304 e. The second-order valence-electron chi connectivity index (χ2n) is 5.38. The maximum Gasteiger partial charge on any atom is 0.279 e. The molecule has 0 saturated heterocycles. The molecule has 3 rings (SSSR count). The molecule has 2 aromatic carbocycles. The minimum atomic E-state index is -0.250. The third-order valence-electron chi connectivity index (χ3n) is 3.65. The first kappa shape index (κ1) is 15.3. The molecule has 1 heterocycles. The average molecular weight is 320 g/mol. The van der Waals surface area contributed by atoms with Gasteiger partial charge < -0.3 is 4.57 Å². The molecule has 0 atom stereocenters. The van der Waals surface area contributed by atoms with E-state index in [1.807, 2.05) is 48.7 Å². The molecule has 0 radical (unpaired) electrons. The zero-order valence-corrected chi connectivity index (χ0v) is 13.9. The predicted octanol–water partition coefficient (Wildman–Crippen LogP) is 3.69. The highest BCUT2D eigenvalue weighted by atomic mass is 32.1. The lowest BCUT2D eigenvalue weighted by Crippen LogP contribution is -2.16. The van der Waals surface area contributed by atoms with Gasteiger partial charge in [0, 0.05) is 5.56 Å². The Kier molecular flexibility index (Phi) is 4.14. The number of terminal acetylenes is 1. The average Bonchev–Trinajstić information content (AvgIpc) is 2.87. The van der Waals surface area contributed by atoms with E-state index in [0.29, 0.717) is 16.9 Å². The summed E-state index contributed by atoms with van der Waals surface area (Å²) in [5.74, 6) is 2.40. The SMILES string of the molecule is C#CCn1c(=NC(=O)c2ccc(C)cc2)sc2cccc(C)c21. The van der Waals surface area contributed by atoms with Crippen molar-refractivity contribution in [2.45, 2.75) is 20.4 Å². The van der Waals surface area contributed by atoms with Crippen LogP contribution < -0.4 is 4.80 Å². The van der Waals surface area contributed by atoms with Gasteiger partial charge in [-0.3, -0.25) is 4.79 Å². The highest BCUT2D eigenvalue weighted by Gasteiger charge is 2.10. The smallest absolute Gasteiger partial charge is 0.279 e. The number of rotatable bonds is 2. The minimum Gasteiger partial charge on any atom is -0.304 e. The Morgan fingerprint density at radius 1 is 1.22 bits per heavy atom. The second kappa shape index (κ2) is 6.23. The topological polar surface area (TPSA) is 34.4 Å². The molecular weight excluding hydrogens is 304 g/mol. The van der Waals surface area contributed by atoms with Crippen LogP contribution in [-0.2, 0) is 6.54 Å². The Bertz CT molecular complexity index is 985. The summed E-state index contributed by atoms with van der Waals surface area (Å²) in [5.41, 5.74) is 3.86. The third kappa shape index (κ3) is 2.96. The number of aryl methyl sites for hydroxylation is 2. The summed E-state index contributed by atoms with van der Waals surface area (Å²) in [5, 5.41) is 0. The van der Waals surface area contributed by atoms with Crippen molar-refractivity contribution in [3.63, 3.8) is 0 Å². The van der Waals surface area contributed by atoms with Crippen LogP contribution in [0.1, 0.15) is 21.5 Å². The van der Waals surface area contributed by atoms with Gasteiger partial charge >= 0.3 is 0 Å². The van der Waals surface area contributed by atoms with Gasteiger partial charge in [-0.25, -0.2) is 0 Å². The standard InChI is InChI=1S/C19H16N2OS/c1-4-12-21-17-14(3)6-5-7-16(17)23-19(21)20-18(22)15-10-8-13(2)9-11-15/h1,5-11H,12H2,2-3H3. The van der Waals surface area contributed by atoms with Gasteiger partial charge in [0.25, 0.3) is 5.91 Å². The van der Waals surface area contributed by atoms with Gasteiger partial charge in [-0.05, 0) is 37.6 Å². The predicted molar refractivity (Wildman–Crippen MR) is 94.5 cm³/mol. The Labute approximate surface area is 138 Å². The van der Waals surface area contributed by atoms with E-state index in [0.717, 1.165) is 21.3 Å². The number of fused-ring (bicyclic) bond motifs is 1. The maximum atomic E-state index is 12.4. The molecule has 1 aromatic heterocycles. The van der Waals surface area contributed by atoms with E-state index in [2.05, 4.69) is 10.9 Å². The van der Waals surface area contributed by atoms with Gasteiger partial charge in [-0.1, -0.05) is 47.1 Å². The van der Waals surface area contributed by atoms with Crippen molar-refractivity contribution < 1.29 is 4.79 Å². The first-order valence-corrected chi connectivity index (χ1v) is 8.10. The number of aromatic nitrogens is 1. The van der Waals surface area contributed by atoms with E-state index in [1.54, 1.807) is 12.1 Å². The number of nitrogens with zero attached hydrogens (tertiary/aromatic N) is 2. The van der Waals surface area contributed by atoms with Crippen molar-refractivity contribution in [2.75, 3.05) is 0 Å². The zero-order valence-electron chi connectivity index (χ0n) is 13.0. The zero-order chi connectivity index (χ0) is 16.4. The molecule has 4 heteroatoms. The van der Waals surface area contributed by atoms with Crippen LogP contribution >= 0.6 is 11.3 Å². The van der Waals surface area contributed by atoms with Crippen LogP contribution in [-0.4, -0.2) is 10.5 Å². The number of amides is 1. The van der Waals surface area contributed by atoms with E-state index in [9.17, 15) is 4.79 Å². The number of carbonyl (C=O) groups is 1. The van der Waals surface area contributed by atoms with Crippen molar-refractivity contribution >= 4 is 27.5 Å². The van der Waals surface area contributed by atoms with Crippen molar-refractivity contribution in [2.24, 2.45) is 4.99 Å². The van der Waals surface area contributed by atoms with Gasteiger partial charge in [0.1, 0.15) is 0 Å². The van der Waals surface area contributed by atoms with Crippen LogP contribution in [0.3, 0.4) is 0 Å². The fourth-order valence-electron chi connectivity index (χ4n) is 2.48. The summed E-state index contributed by atoms with van der Waals surface area (Å²) < 4.78 is 3.01. The highest BCUT2D eigenvalue weighted by molar-refractivity contribution is 7.16. The van der Waals surface area contributed by atoms with Crippen LogP contribution in [0.15, 0.2) is 47.5 Å². The van der Waals surface area contributed by atoms with Crippen molar-refractivity contribution in [3.05, 3.63) is 64.0 Å². The van der Waals surface area contributed by atoms with Crippen molar-refractivity contribution in [1.29, 1.82) is 0 Å². The van der Waals surface area contributed by atoms with Crippen molar-refractivity contribution in [3.8, 4) is 12.3 Å². The number of thiazole rings is 1. The molecular formula is C19H16N2OS. The van der Waals surface area contributed by atoms with Crippen LogP contribution in [0.4, 0.5) is 0 Å². The number of para-hydroxylation sites is 1. The lowest BCUT2D eigenvalue weighted by molar-refractivity contribution is 0.0998. The molecule has 0 aliphatic rings. The monoisotopic (exact) mass is 320 g/mol.